The Morgan fingerprint density at radius 1 is 1.04 bits per heavy atom. The molecule has 15 nitrogen and oxygen atoms in total. The van der Waals surface area contributed by atoms with E-state index < -0.39 is 77.1 Å². The van der Waals surface area contributed by atoms with Gasteiger partial charge >= 0.3 is 18.2 Å². The first-order valence-electron chi connectivity index (χ1n) is 16.5. The van der Waals surface area contributed by atoms with Gasteiger partial charge in [0.05, 0.1) is 32.2 Å². The van der Waals surface area contributed by atoms with Crippen LogP contribution in [0.1, 0.15) is 74.1 Å². The van der Waals surface area contributed by atoms with Crippen molar-refractivity contribution in [3.05, 3.63) is 52.9 Å². The van der Waals surface area contributed by atoms with Crippen molar-refractivity contribution in [3.63, 3.8) is 0 Å². The Labute approximate surface area is 305 Å². The number of rotatable bonds is 10. The third kappa shape index (κ3) is 8.83. The Kier molecular flexibility index (Phi) is 11.9. The molecule has 280 valence electrons. The lowest BCUT2D eigenvalue weighted by atomic mass is 9.90. The van der Waals surface area contributed by atoms with E-state index in [2.05, 4.69) is 19.8 Å². The highest BCUT2D eigenvalue weighted by molar-refractivity contribution is 6.29. The number of hydrogen-bond donors (Lipinski definition) is 0. The summed E-state index contributed by atoms with van der Waals surface area (Å²) < 4.78 is 45.7. The van der Waals surface area contributed by atoms with Gasteiger partial charge in [0, 0.05) is 12.3 Å². The molecule has 0 bridgehead atoms. The molecule has 0 spiro atoms. The number of esters is 1. The number of amides is 2. The van der Waals surface area contributed by atoms with Crippen LogP contribution in [-0.4, -0.2) is 85.8 Å². The summed E-state index contributed by atoms with van der Waals surface area (Å²) in [7, 11) is 0. The molecule has 1 fully saturated rings. The molecule has 2 aromatic heterocycles. The number of hydrogen-bond acceptors (Lipinski definition) is 12. The first kappa shape index (κ1) is 40.1. The Hall–Kier alpha value is -4.72. The van der Waals surface area contributed by atoms with E-state index >= 15 is 4.39 Å². The molecule has 1 saturated heterocycles. The number of halogens is 2. The summed E-state index contributed by atoms with van der Waals surface area (Å²) in [6.45, 7) is 20.8. The first-order valence-corrected chi connectivity index (χ1v) is 16.8. The zero-order valence-electron chi connectivity index (χ0n) is 30.4. The van der Waals surface area contributed by atoms with Crippen LogP contribution in [0.3, 0.4) is 0 Å². The summed E-state index contributed by atoms with van der Waals surface area (Å²) in [5.41, 5.74) is -3.43. The average molecular weight is 745 g/mol. The lowest BCUT2D eigenvalue weighted by molar-refractivity contribution is -0.182. The van der Waals surface area contributed by atoms with E-state index in [0.29, 0.717) is 16.2 Å². The van der Waals surface area contributed by atoms with Gasteiger partial charge in [-0.2, -0.15) is 14.9 Å². The maximum absolute atomic E-state index is 16.1. The van der Waals surface area contributed by atoms with Gasteiger partial charge in [0.15, 0.2) is 40.9 Å². The van der Waals surface area contributed by atoms with Gasteiger partial charge in [-0.3, -0.25) is 9.36 Å². The lowest BCUT2D eigenvalue weighted by Crippen LogP contribution is -2.52. The zero-order valence-corrected chi connectivity index (χ0v) is 31.2. The minimum Gasteiger partial charge on any atom is -0.463 e. The van der Waals surface area contributed by atoms with Gasteiger partial charge in [0.25, 0.3) is 0 Å². The molecule has 1 aromatic carbocycles. The van der Waals surface area contributed by atoms with Crippen molar-refractivity contribution in [1.82, 2.24) is 19.5 Å². The highest BCUT2D eigenvalue weighted by Crippen LogP contribution is 2.40. The van der Waals surface area contributed by atoms with E-state index in [1.807, 2.05) is 0 Å². The van der Waals surface area contributed by atoms with Gasteiger partial charge in [-0.25, -0.2) is 28.6 Å². The Morgan fingerprint density at radius 2 is 1.63 bits per heavy atom. The topological polar surface area (TPSA) is 166 Å². The van der Waals surface area contributed by atoms with Gasteiger partial charge in [-0.1, -0.05) is 31.2 Å². The fourth-order valence-corrected chi connectivity index (χ4v) is 5.49. The van der Waals surface area contributed by atoms with Crippen LogP contribution in [0.4, 0.5) is 25.5 Å². The smallest absolute Gasteiger partial charge is 0.425 e. The Morgan fingerprint density at radius 3 is 2.15 bits per heavy atom. The number of ketones is 1. The van der Waals surface area contributed by atoms with Gasteiger partial charge < -0.3 is 23.7 Å². The van der Waals surface area contributed by atoms with Crippen LogP contribution < -0.4 is 4.90 Å². The highest BCUT2D eigenvalue weighted by Gasteiger charge is 2.50. The van der Waals surface area contributed by atoms with Crippen LogP contribution in [0.5, 0.6) is 0 Å². The number of imidazole rings is 1. The molecular weight excluding hydrogens is 703 g/mol. The molecule has 52 heavy (non-hydrogen) atoms. The molecule has 1 aliphatic heterocycles. The number of anilines is 1. The predicted molar refractivity (Wildman–Crippen MR) is 186 cm³/mol. The van der Waals surface area contributed by atoms with Gasteiger partial charge in [-0.05, 0) is 72.6 Å². The average Bonchev–Trinajstić information content (AvgIpc) is 3.57. The number of aromatic nitrogens is 4. The summed E-state index contributed by atoms with van der Waals surface area (Å²) >= 11 is 6.30. The molecular formula is C35H42ClFN6O9. The van der Waals surface area contributed by atoms with Crippen molar-refractivity contribution in [2.24, 2.45) is 5.92 Å². The van der Waals surface area contributed by atoms with Crippen LogP contribution in [-0.2, 0) is 39.7 Å². The summed E-state index contributed by atoms with van der Waals surface area (Å²) in [6.07, 6.45) is -5.34. The van der Waals surface area contributed by atoms with E-state index in [1.165, 1.54) is 17.8 Å². The fraction of sp³-hybridized carbons (Fsp3) is 0.543. The van der Waals surface area contributed by atoms with Crippen LogP contribution in [0, 0.1) is 12.5 Å². The molecule has 4 rings (SSSR count). The molecule has 0 radical (unpaired) electrons. The Bertz CT molecular complexity index is 1840. The molecule has 1 unspecified atom stereocenters. The van der Waals surface area contributed by atoms with Crippen molar-refractivity contribution in [1.29, 1.82) is 0 Å². The molecule has 1 aliphatic rings. The summed E-state index contributed by atoms with van der Waals surface area (Å²) in [5.74, 6) is -2.78. The molecule has 17 heteroatoms. The molecule has 0 N–H and O–H groups in total. The molecule has 5 atom stereocenters. The molecule has 3 aromatic rings. The first-order chi connectivity index (χ1) is 24.2. The minimum atomic E-state index is -2.09. The fourth-order valence-electron chi connectivity index (χ4n) is 5.33. The van der Waals surface area contributed by atoms with Gasteiger partial charge in [0.1, 0.15) is 11.2 Å². The lowest BCUT2D eigenvalue weighted by Gasteiger charge is -2.31. The zero-order chi connectivity index (χ0) is 38.8. The molecule has 0 aliphatic carbocycles. The van der Waals surface area contributed by atoms with Crippen molar-refractivity contribution >= 4 is 58.2 Å². The van der Waals surface area contributed by atoms with Crippen molar-refractivity contribution < 1.29 is 47.3 Å². The van der Waals surface area contributed by atoms with Crippen LogP contribution in [0.25, 0.3) is 16.0 Å². The predicted octanol–water partition coefficient (Wildman–Crippen LogP) is 6.73. The molecule has 0 saturated carbocycles. The van der Waals surface area contributed by atoms with Crippen LogP contribution >= 0.6 is 11.6 Å². The summed E-state index contributed by atoms with van der Waals surface area (Å²) in [6, 6.07) is 6.31. The van der Waals surface area contributed by atoms with Gasteiger partial charge in [0.2, 0.25) is 10.9 Å². The number of ether oxygens (including phenoxy) is 5. The number of benzene rings is 1. The van der Waals surface area contributed by atoms with E-state index in [9.17, 15) is 19.2 Å². The number of carbonyl (C=O) groups is 4. The summed E-state index contributed by atoms with van der Waals surface area (Å²) in [5, 5.41) is -0.409. The van der Waals surface area contributed by atoms with Gasteiger partial charge in [-0.15, -0.1) is 0 Å². The van der Waals surface area contributed by atoms with Crippen LogP contribution in [0.2, 0.25) is 5.28 Å². The standard InChI is InChI=1S/C35H42ClFN6O9/c1-11-48-29(45)35(20(3)44,16-21-12-14-22(38-10)15-13-21)49-17-23-19(2)24(37)28(50-23)42-18-39-25-26(42)40-30(36)41-27(25)43(31(46)51-33(4,5)6)32(47)52-34(7,8)9/h12-15,18-19,23-24,28H,11,16-17H2,1-9H3/t19-,23-,24+,28-,35?/m1/s1. The third-order valence-corrected chi connectivity index (χ3v) is 8.04. The number of fused-ring (bicyclic) bond motifs is 1. The maximum atomic E-state index is 16.1. The third-order valence-electron chi connectivity index (χ3n) is 7.88. The summed E-state index contributed by atoms with van der Waals surface area (Å²) in [4.78, 5) is 69.7. The minimum absolute atomic E-state index is 0.0295. The number of alkyl halides is 1. The number of nitrogens with zero attached hydrogens (tertiary/aromatic N) is 6. The van der Waals surface area contributed by atoms with Crippen molar-refractivity contribution in [3.8, 4) is 0 Å². The van der Waals surface area contributed by atoms with Crippen LogP contribution in [0.15, 0.2) is 30.6 Å². The number of imide groups is 1. The quantitative estimate of drug-likeness (QED) is 0.0708. The molecule has 2 amide bonds. The van der Waals surface area contributed by atoms with E-state index in [1.54, 1.807) is 79.7 Å². The van der Waals surface area contributed by atoms with Crippen molar-refractivity contribution in [2.75, 3.05) is 18.1 Å². The van der Waals surface area contributed by atoms with E-state index in [-0.39, 0.29) is 30.0 Å². The van der Waals surface area contributed by atoms with Crippen molar-refractivity contribution in [2.45, 2.75) is 104 Å². The molecule has 3 heterocycles. The largest absolute Gasteiger partial charge is 0.463 e. The number of carbonyl (C=O) groups excluding carboxylic acids is 4. The second-order valence-corrected chi connectivity index (χ2v) is 14.5. The second-order valence-electron chi connectivity index (χ2n) is 14.2. The van der Waals surface area contributed by atoms with E-state index in [4.69, 9.17) is 41.9 Å². The Balaban J connectivity index is 1.68. The number of Topliss-reactive ketones (excluding diaryl/α,β-unsaturated/α-hetero) is 1. The monoisotopic (exact) mass is 744 g/mol. The van der Waals surface area contributed by atoms with E-state index in [0.717, 1.165) is 0 Å². The normalized spacial score (nSPS) is 20.1. The second kappa shape index (κ2) is 15.5. The maximum Gasteiger partial charge on any atom is 0.425 e. The SMILES string of the molecule is [C-]#[N+]c1ccc(CC(OC[C@H]2O[C@@H](n3cnc4c(N(C(=O)OC(C)(C)C)C(=O)OC(C)(C)C)nc(Cl)nc43)[C@@H](F)[C@@H]2C)(C(C)=O)C(=O)OCC)cc1. The highest BCUT2D eigenvalue weighted by atomic mass is 35.5.